The molecular weight excluding hydrogens is 300 g/mol. The van der Waals surface area contributed by atoms with Crippen LogP contribution in [0.2, 0.25) is 0 Å². The number of carbonyl (C=O) groups excluding carboxylic acids is 1. The van der Waals surface area contributed by atoms with Crippen molar-refractivity contribution in [2.75, 3.05) is 5.32 Å². The molecule has 0 fully saturated rings. The van der Waals surface area contributed by atoms with Gasteiger partial charge in [0, 0.05) is 17.1 Å². The van der Waals surface area contributed by atoms with E-state index in [9.17, 15) is 14.7 Å². The van der Waals surface area contributed by atoms with Crippen LogP contribution < -0.4 is 5.32 Å². The van der Waals surface area contributed by atoms with Crippen molar-refractivity contribution in [2.24, 2.45) is 0 Å². The van der Waals surface area contributed by atoms with Crippen LogP contribution in [0, 0.1) is 6.92 Å². The SMILES string of the molecule is Cc1ccc(C(=O)Nc2c(C(=O)O)sc3ncccc23)cc1. The van der Waals surface area contributed by atoms with E-state index < -0.39 is 5.97 Å². The number of carbonyl (C=O) groups is 2. The van der Waals surface area contributed by atoms with E-state index in [1.165, 1.54) is 0 Å². The van der Waals surface area contributed by atoms with Crippen molar-refractivity contribution in [3.05, 3.63) is 58.6 Å². The molecule has 0 bridgehead atoms. The second kappa shape index (κ2) is 5.57. The molecule has 1 amide bonds. The van der Waals surface area contributed by atoms with Gasteiger partial charge in [-0.3, -0.25) is 4.79 Å². The molecule has 1 aromatic carbocycles. The number of hydrogen-bond donors (Lipinski definition) is 2. The first-order valence-corrected chi connectivity index (χ1v) is 7.37. The van der Waals surface area contributed by atoms with Gasteiger partial charge in [0.25, 0.3) is 5.91 Å². The third-order valence-electron chi connectivity index (χ3n) is 3.21. The van der Waals surface area contributed by atoms with Crippen LogP contribution in [-0.2, 0) is 0 Å². The first kappa shape index (κ1) is 14.2. The van der Waals surface area contributed by atoms with E-state index in [1.54, 1.807) is 30.5 Å². The molecule has 0 atom stereocenters. The number of rotatable bonds is 3. The van der Waals surface area contributed by atoms with Gasteiger partial charge in [0.2, 0.25) is 0 Å². The standard InChI is InChI=1S/C16H12N2O3S/c1-9-4-6-10(7-5-9)14(19)18-12-11-3-2-8-17-15(11)22-13(12)16(20)21/h2-8H,1H3,(H,18,19)(H,20,21). The van der Waals surface area contributed by atoms with E-state index in [-0.39, 0.29) is 10.8 Å². The van der Waals surface area contributed by atoms with Crippen LogP contribution in [0.15, 0.2) is 42.6 Å². The molecule has 2 N–H and O–H groups in total. The van der Waals surface area contributed by atoms with Crippen LogP contribution in [0.4, 0.5) is 5.69 Å². The maximum absolute atomic E-state index is 12.3. The van der Waals surface area contributed by atoms with Crippen molar-refractivity contribution in [2.45, 2.75) is 6.92 Å². The summed E-state index contributed by atoms with van der Waals surface area (Å²) in [6.45, 7) is 1.93. The Morgan fingerprint density at radius 2 is 1.91 bits per heavy atom. The monoisotopic (exact) mass is 312 g/mol. The number of nitrogens with zero attached hydrogens (tertiary/aromatic N) is 1. The second-order valence-corrected chi connectivity index (χ2v) is 5.79. The van der Waals surface area contributed by atoms with Gasteiger partial charge < -0.3 is 10.4 Å². The summed E-state index contributed by atoms with van der Waals surface area (Å²) < 4.78 is 0. The molecule has 0 spiro atoms. The Bertz CT molecular complexity index is 869. The average molecular weight is 312 g/mol. The van der Waals surface area contributed by atoms with Crippen molar-refractivity contribution in [3.63, 3.8) is 0 Å². The molecule has 0 saturated heterocycles. The van der Waals surface area contributed by atoms with Crippen molar-refractivity contribution >= 4 is 39.1 Å². The number of benzene rings is 1. The van der Waals surface area contributed by atoms with Gasteiger partial charge in [-0.1, -0.05) is 17.7 Å². The lowest BCUT2D eigenvalue weighted by Crippen LogP contribution is -2.13. The number of aryl methyl sites for hydroxylation is 1. The number of anilines is 1. The quantitative estimate of drug-likeness (QED) is 0.775. The molecule has 0 aliphatic heterocycles. The maximum atomic E-state index is 12.3. The molecule has 6 heteroatoms. The van der Waals surface area contributed by atoms with Gasteiger partial charge in [-0.2, -0.15) is 0 Å². The highest BCUT2D eigenvalue weighted by molar-refractivity contribution is 7.21. The van der Waals surface area contributed by atoms with E-state index in [1.807, 2.05) is 19.1 Å². The van der Waals surface area contributed by atoms with Crippen molar-refractivity contribution in [1.82, 2.24) is 4.98 Å². The number of carboxylic acids is 1. The fraction of sp³-hybridized carbons (Fsp3) is 0.0625. The highest BCUT2D eigenvalue weighted by Crippen LogP contribution is 2.34. The second-order valence-electron chi connectivity index (χ2n) is 4.79. The number of nitrogens with one attached hydrogen (secondary N) is 1. The summed E-state index contributed by atoms with van der Waals surface area (Å²) in [5.74, 6) is -1.42. The van der Waals surface area contributed by atoms with E-state index in [2.05, 4.69) is 10.3 Å². The summed E-state index contributed by atoms with van der Waals surface area (Å²) in [5.41, 5.74) is 1.82. The normalized spacial score (nSPS) is 10.6. The smallest absolute Gasteiger partial charge is 0.348 e. The van der Waals surface area contributed by atoms with E-state index in [4.69, 9.17) is 0 Å². The van der Waals surface area contributed by atoms with Gasteiger partial charge in [0.15, 0.2) is 0 Å². The number of carboxylic acid groups (broad SMARTS) is 1. The molecule has 0 aliphatic carbocycles. The van der Waals surface area contributed by atoms with Crippen LogP contribution in [0.1, 0.15) is 25.6 Å². The molecule has 2 heterocycles. The molecule has 0 aliphatic rings. The fourth-order valence-corrected chi connectivity index (χ4v) is 3.04. The lowest BCUT2D eigenvalue weighted by atomic mass is 10.1. The van der Waals surface area contributed by atoms with Gasteiger partial charge in [-0.15, -0.1) is 11.3 Å². The number of aromatic carboxylic acids is 1. The number of pyridine rings is 1. The highest BCUT2D eigenvalue weighted by Gasteiger charge is 2.20. The summed E-state index contributed by atoms with van der Waals surface area (Å²) in [6.07, 6.45) is 1.59. The van der Waals surface area contributed by atoms with Crippen LogP contribution in [0.3, 0.4) is 0 Å². The lowest BCUT2D eigenvalue weighted by Gasteiger charge is -2.06. The van der Waals surface area contributed by atoms with E-state index >= 15 is 0 Å². The van der Waals surface area contributed by atoms with Gasteiger partial charge in [-0.05, 0) is 31.2 Å². The first-order chi connectivity index (χ1) is 10.6. The zero-order valence-corrected chi connectivity index (χ0v) is 12.5. The number of fused-ring (bicyclic) bond motifs is 1. The van der Waals surface area contributed by atoms with E-state index in [0.29, 0.717) is 21.5 Å². The Hall–Kier alpha value is -2.73. The predicted molar refractivity (Wildman–Crippen MR) is 85.7 cm³/mol. The third-order valence-corrected chi connectivity index (χ3v) is 4.31. The summed E-state index contributed by atoms with van der Waals surface area (Å²) in [4.78, 5) is 28.5. The van der Waals surface area contributed by atoms with E-state index in [0.717, 1.165) is 16.9 Å². The number of aromatic nitrogens is 1. The summed E-state index contributed by atoms with van der Waals surface area (Å²) in [5, 5.41) is 12.6. The molecule has 2 aromatic heterocycles. The molecule has 3 rings (SSSR count). The number of thiophene rings is 1. The van der Waals surface area contributed by atoms with Crippen LogP contribution in [-0.4, -0.2) is 22.0 Å². The highest BCUT2D eigenvalue weighted by atomic mass is 32.1. The minimum absolute atomic E-state index is 0.0779. The minimum Gasteiger partial charge on any atom is -0.477 e. The Balaban J connectivity index is 2.02. The lowest BCUT2D eigenvalue weighted by molar-refractivity contribution is 0.0703. The van der Waals surface area contributed by atoms with Gasteiger partial charge in [0.05, 0.1) is 5.69 Å². The maximum Gasteiger partial charge on any atom is 0.348 e. The Kier molecular flexibility index (Phi) is 3.60. The molecular formula is C16H12N2O3S. The van der Waals surface area contributed by atoms with Crippen LogP contribution in [0.25, 0.3) is 10.2 Å². The predicted octanol–water partition coefficient (Wildman–Crippen LogP) is 3.56. The van der Waals surface area contributed by atoms with Crippen LogP contribution >= 0.6 is 11.3 Å². The summed E-state index contributed by atoms with van der Waals surface area (Å²) >= 11 is 1.05. The third kappa shape index (κ3) is 2.56. The zero-order valence-electron chi connectivity index (χ0n) is 11.7. The Morgan fingerprint density at radius 1 is 1.18 bits per heavy atom. The Morgan fingerprint density at radius 3 is 2.59 bits per heavy atom. The molecule has 5 nitrogen and oxygen atoms in total. The van der Waals surface area contributed by atoms with Crippen molar-refractivity contribution in [1.29, 1.82) is 0 Å². The molecule has 22 heavy (non-hydrogen) atoms. The van der Waals surface area contributed by atoms with Crippen molar-refractivity contribution in [3.8, 4) is 0 Å². The topological polar surface area (TPSA) is 79.3 Å². The molecule has 110 valence electrons. The van der Waals surface area contributed by atoms with Crippen molar-refractivity contribution < 1.29 is 14.7 Å². The van der Waals surface area contributed by atoms with Gasteiger partial charge in [0.1, 0.15) is 9.71 Å². The van der Waals surface area contributed by atoms with Gasteiger partial charge >= 0.3 is 5.97 Å². The fourth-order valence-electron chi connectivity index (χ4n) is 2.10. The van der Waals surface area contributed by atoms with Gasteiger partial charge in [-0.25, -0.2) is 9.78 Å². The largest absolute Gasteiger partial charge is 0.477 e. The Labute approximate surface area is 130 Å². The first-order valence-electron chi connectivity index (χ1n) is 6.55. The zero-order chi connectivity index (χ0) is 15.7. The average Bonchev–Trinajstić information content (AvgIpc) is 2.87. The number of amides is 1. The number of hydrogen-bond acceptors (Lipinski definition) is 4. The molecule has 3 aromatic rings. The summed E-state index contributed by atoms with van der Waals surface area (Å²) in [6, 6.07) is 10.5. The van der Waals surface area contributed by atoms with Crippen LogP contribution in [0.5, 0.6) is 0 Å². The molecule has 0 saturated carbocycles. The molecule has 0 unspecified atom stereocenters. The molecule has 0 radical (unpaired) electrons. The minimum atomic E-state index is -1.08. The summed E-state index contributed by atoms with van der Waals surface area (Å²) in [7, 11) is 0.